The Hall–Kier alpha value is -3.35. The monoisotopic (exact) mass is 324 g/mol. The Kier molecular flexibility index (Phi) is 2.38. The maximum Gasteiger partial charge on any atom is 0.229 e. The average molecular weight is 324 g/mol. The molecule has 0 bridgehead atoms. The second-order valence-corrected chi connectivity index (χ2v) is 5.23. The number of aryl methyl sites for hydroxylation is 1. The fourth-order valence-corrected chi connectivity index (χ4v) is 2.62. The third kappa shape index (κ3) is 2.10. The predicted molar refractivity (Wildman–Crippen MR) is 92.7 cm³/mol. The molecule has 120 valence electrons. The van der Waals surface area contributed by atoms with Crippen molar-refractivity contribution in [2.75, 3.05) is 18.6 Å². The smallest absolute Gasteiger partial charge is 0.229 e. The third-order valence-corrected chi connectivity index (χ3v) is 3.74. The van der Waals surface area contributed by atoms with E-state index in [9.17, 15) is 0 Å². The molecule has 24 heavy (non-hydrogen) atoms. The first-order valence-corrected chi connectivity index (χ1v) is 7.08. The molecule has 0 saturated heterocycles. The fraction of sp³-hybridized carbons (Fsp3) is 0.118. The molecule has 0 aliphatic heterocycles. The number of nitrogens with zero attached hydrogens (tertiary/aromatic N) is 3. The van der Waals surface area contributed by atoms with Crippen molar-refractivity contribution < 1.29 is 13.3 Å². The highest BCUT2D eigenvalue weighted by Gasteiger charge is 2.16. The van der Waals surface area contributed by atoms with Crippen LogP contribution in [0.5, 0.6) is 5.75 Å². The number of ether oxygens (including phenoxy) is 1. The van der Waals surface area contributed by atoms with Gasteiger partial charge in [0.2, 0.25) is 5.89 Å². The molecule has 0 atom stereocenters. The molecule has 3 aromatic heterocycles. The predicted octanol–water partition coefficient (Wildman–Crippen LogP) is 2.92. The first-order valence-electron chi connectivity index (χ1n) is 8.58. The van der Waals surface area contributed by atoms with Crippen LogP contribution in [0.15, 0.2) is 34.9 Å². The van der Waals surface area contributed by atoms with Crippen LogP contribution in [0.4, 0.5) is 11.6 Å². The number of benzene rings is 1. The van der Waals surface area contributed by atoms with Gasteiger partial charge in [0.25, 0.3) is 0 Å². The van der Waals surface area contributed by atoms with Crippen LogP contribution < -0.4 is 16.2 Å². The van der Waals surface area contributed by atoms with E-state index in [0.29, 0.717) is 27.8 Å². The number of rotatable bonds is 2. The molecule has 3 heterocycles. The topological polar surface area (TPSA) is 113 Å². The molecule has 0 aliphatic rings. The molecular weight excluding hydrogens is 306 g/mol. The highest BCUT2D eigenvalue weighted by molar-refractivity contribution is 6.02. The number of hydrogen-bond donors (Lipinski definition) is 2. The summed E-state index contributed by atoms with van der Waals surface area (Å²) in [5.41, 5.74) is 13.2. The zero-order chi connectivity index (χ0) is 19.3. The molecule has 7 nitrogen and oxygen atoms in total. The minimum atomic E-state index is -2.50. The van der Waals surface area contributed by atoms with Crippen molar-refractivity contribution in [2.24, 2.45) is 0 Å². The van der Waals surface area contributed by atoms with Crippen molar-refractivity contribution in [1.82, 2.24) is 15.0 Å². The van der Waals surface area contributed by atoms with E-state index in [0.717, 1.165) is 0 Å². The Morgan fingerprint density at radius 1 is 1.21 bits per heavy atom. The molecule has 0 amide bonds. The van der Waals surface area contributed by atoms with Gasteiger partial charge in [0.1, 0.15) is 22.9 Å². The van der Waals surface area contributed by atoms with E-state index < -0.39 is 6.85 Å². The second kappa shape index (κ2) is 5.09. The van der Waals surface area contributed by atoms with Crippen molar-refractivity contribution >= 4 is 33.5 Å². The Balaban J connectivity index is 2.03. The van der Waals surface area contributed by atoms with Gasteiger partial charge in [-0.15, -0.1) is 0 Å². The second-order valence-electron chi connectivity index (χ2n) is 5.23. The Morgan fingerprint density at radius 3 is 2.88 bits per heavy atom. The summed E-state index contributed by atoms with van der Waals surface area (Å²) < 4.78 is 34.2. The molecule has 0 aliphatic carbocycles. The number of nitrogen functional groups attached to an aromatic ring is 2. The third-order valence-electron chi connectivity index (χ3n) is 3.74. The quantitative estimate of drug-likeness (QED) is 0.582. The van der Waals surface area contributed by atoms with Crippen LogP contribution in [0.25, 0.3) is 33.3 Å². The summed E-state index contributed by atoms with van der Waals surface area (Å²) in [4.78, 5) is 12.5. The molecule has 0 radical (unpaired) electrons. The van der Waals surface area contributed by atoms with Gasteiger partial charge in [0.05, 0.1) is 18.4 Å². The minimum absolute atomic E-state index is 0.0464. The van der Waals surface area contributed by atoms with E-state index in [-0.39, 0.29) is 28.6 Å². The molecule has 0 fully saturated rings. The lowest BCUT2D eigenvalue weighted by Gasteiger charge is -2.08. The number of hydrogen-bond acceptors (Lipinski definition) is 7. The number of nitrogens with two attached hydrogens (primary N) is 2. The van der Waals surface area contributed by atoms with Gasteiger partial charge in [-0.1, -0.05) is 0 Å². The molecule has 0 unspecified atom stereocenters. The summed E-state index contributed by atoms with van der Waals surface area (Å²) in [5.74, 6) is 1.00. The van der Waals surface area contributed by atoms with Crippen LogP contribution in [0.2, 0.25) is 0 Å². The first-order chi connectivity index (χ1) is 12.8. The number of aromatic nitrogens is 3. The maximum atomic E-state index is 7.73. The Morgan fingerprint density at radius 2 is 2.08 bits per heavy atom. The van der Waals surface area contributed by atoms with Gasteiger partial charge in [-0.05, 0) is 25.1 Å². The van der Waals surface area contributed by atoms with Crippen molar-refractivity contribution in [3.8, 4) is 17.2 Å². The number of anilines is 2. The van der Waals surface area contributed by atoms with Crippen LogP contribution in [-0.4, -0.2) is 22.1 Å². The molecule has 4 rings (SSSR count). The Bertz CT molecular complexity index is 1190. The fourth-order valence-electron chi connectivity index (χ4n) is 2.62. The minimum Gasteiger partial charge on any atom is -0.497 e. The van der Waals surface area contributed by atoms with E-state index in [2.05, 4.69) is 15.0 Å². The van der Waals surface area contributed by atoms with E-state index in [4.69, 9.17) is 24.7 Å². The lowest BCUT2D eigenvalue weighted by atomic mass is 10.1. The van der Waals surface area contributed by atoms with Crippen LogP contribution in [0, 0.1) is 6.85 Å². The van der Waals surface area contributed by atoms with Gasteiger partial charge in [-0.3, -0.25) is 0 Å². The number of pyridine rings is 2. The molecule has 1 aromatic carbocycles. The largest absolute Gasteiger partial charge is 0.497 e. The van der Waals surface area contributed by atoms with Crippen LogP contribution >= 0.6 is 0 Å². The van der Waals surface area contributed by atoms with Crippen LogP contribution in [0.1, 0.15) is 9.81 Å². The standard InChI is InChI=1S/C17H15N5O2/c1-8-15-10(6-14(18)21-8)11(7-20-16(15)19)17-22-12-5-9(23-2)3-4-13(12)24-17/h3-7H,1-2H3,(H2,18,21)(H2,19,20)/i1D3. The normalized spacial score (nSPS) is 13.6. The van der Waals surface area contributed by atoms with E-state index >= 15 is 0 Å². The van der Waals surface area contributed by atoms with Crippen molar-refractivity contribution in [1.29, 1.82) is 0 Å². The highest BCUT2D eigenvalue weighted by atomic mass is 16.5. The molecule has 7 heteroatoms. The van der Waals surface area contributed by atoms with Gasteiger partial charge >= 0.3 is 0 Å². The summed E-state index contributed by atoms with van der Waals surface area (Å²) in [5, 5.41) is 0.668. The molecule has 4 N–H and O–H groups in total. The van der Waals surface area contributed by atoms with Crippen molar-refractivity contribution in [3.63, 3.8) is 0 Å². The van der Waals surface area contributed by atoms with Gasteiger partial charge < -0.3 is 20.6 Å². The number of fused-ring (bicyclic) bond motifs is 2. The summed E-state index contributed by atoms with van der Waals surface area (Å²) in [6.45, 7) is -2.50. The lowest BCUT2D eigenvalue weighted by molar-refractivity contribution is 0.415. The van der Waals surface area contributed by atoms with Gasteiger partial charge in [0, 0.05) is 27.1 Å². The van der Waals surface area contributed by atoms with E-state index in [1.807, 2.05) is 0 Å². The molecule has 4 aromatic rings. The van der Waals surface area contributed by atoms with E-state index in [1.54, 1.807) is 25.3 Å². The van der Waals surface area contributed by atoms with Gasteiger partial charge in [-0.2, -0.15) is 0 Å². The van der Waals surface area contributed by atoms with Crippen LogP contribution in [-0.2, 0) is 0 Å². The molecule has 0 spiro atoms. The lowest BCUT2D eigenvalue weighted by Crippen LogP contribution is -1.99. The zero-order valence-electron chi connectivity index (χ0n) is 15.7. The maximum absolute atomic E-state index is 7.73. The Labute approximate surface area is 141 Å². The summed E-state index contributed by atoms with van der Waals surface area (Å²) in [7, 11) is 1.56. The zero-order valence-corrected chi connectivity index (χ0v) is 12.7. The molecule has 0 saturated carbocycles. The first kappa shape index (κ1) is 11.2. The average Bonchev–Trinajstić information content (AvgIpc) is 3.03. The SMILES string of the molecule is [2H]C([2H])([2H])c1nc(N)cc2c(-c3nc4cc(OC)ccc4o3)cnc(N)c12. The van der Waals surface area contributed by atoms with Crippen molar-refractivity contribution in [2.45, 2.75) is 6.85 Å². The summed E-state index contributed by atoms with van der Waals surface area (Å²) >= 11 is 0. The van der Waals surface area contributed by atoms with Gasteiger partial charge in [-0.25, -0.2) is 15.0 Å². The van der Waals surface area contributed by atoms with Crippen LogP contribution in [0.3, 0.4) is 0 Å². The number of methoxy groups -OCH3 is 1. The molecular formula is C17H15N5O2. The highest BCUT2D eigenvalue weighted by Crippen LogP contribution is 2.34. The summed E-state index contributed by atoms with van der Waals surface area (Å²) in [6, 6.07) is 6.76. The number of oxazole rings is 1. The van der Waals surface area contributed by atoms with Gasteiger partial charge in [0.15, 0.2) is 5.58 Å². The van der Waals surface area contributed by atoms with Crippen molar-refractivity contribution in [3.05, 3.63) is 36.2 Å². The van der Waals surface area contributed by atoms with E-state index in [1.165, 1.54) is 12.3 Å². The summed E-state index contributed by atoms with van der Waals surface area (Å²) in [6.07, 6.45) is 1.47.